The van der Waals surface area contributed by atoms with Gasteiger partial charge < -0.3 is 14.3 Å². The van der Waals surface area contributed by atoms with Crippen molar-refractivity contribution in [2.75, 3.05) is 6.54 Å². The van der Waals surface area contributed by atoms with Gasteiger partial charge in [-0.1, -0.05) is 6.07 Å². The number of fused-ring (bicyclic) bond motifs is 2. The van der Waals surface area contributed by atoms with E-state index in [1.807, 2.05) is 0 Å². The Bertz CT molecular complexity index is 1520. The summed E-state index contributed by atoms with van der Waals surface area (Å²) in [6, 6.07) is 6.75. The van der Waals surface area contributed by atoms with Crippen molar-refractivity contribution in [3.05, 3.63) is 71.8 Å². The van der Waals surface area contributed by atoms with Crippen molar-refractivity contribution in [2.45, 2.75) is 19.0 Å². The third kappa shape index (κ3) is 3.14. The Kier molecular flexibility index (Phi) is 4.46. The molecule has 5 aromatic rings. The Morgan fingerprint density at radius 2 is 2.09 bits per heavy atom. The third-order valence-electron chi connectivity index (χ3n) is 5.56. The lowest BCUT2D eigenvalue weighted by atomic mass is 9.99. The van der Waals surface area contributed by atoms with Crippen LogP contribution in [0.5, 0.6) is 0 Å². The standard InChI is InChI=1S/C20H14F3N9O2/c21-14-3-1-2-10-8-13(29-32(10)14)16-15-11(24-9-25-15)4-6-30(16)19(33)18-27-26-17(34-18)12-5-7-31(28-12)20(22)23/h1-3,5,7-9,16,20H,4,6H2,(H,24,25). The van der Waals surface area contributed by atoms with Gasteiger partial charge in [-0.05, 0) is 24.3 Å². The Balaban J connectivity index is 1.37. The number of nitrogens with zero attached hydrogens (tertiary/aromatic N) is 8. The summed E-state index contributed by atoms with van der Waals surface area (Å²) >= 11 is 0. The predicted molar refractivity (Wildman–Crippen MR) is 107 cm³/mol. The second-order valence-electron chi connectivity index (χ2n) is 7.54. The van der Waals surface area contributed by atoms with E-state index in [0.29, 0.717) is 28.0 Å². The number of carbonyl (C=O) groups excluding carboxylic acids is 1. The molecule has 0 saturated heterocycles. The monoisotopic (exact) mass is 469 g/mol. The molecule has 1 atom stereocenters. The van der Waals surface area contributed by atoms with E-state index in [2.05, 4.69) is 30.4 Å². The smallest absolute Gasteiger partial charge is 0.333 e. The maximum Gasteiger partial charge on any atom is 0.333 e. The largest absolute Gasteiger partial charge is 0.411 e. The first-order valence-corrected chi connectivity index (χ1v) is 10.1. The van der Waals surface area contributed by atoms with E-state index < -0.39 is 24.4 Å². The van der Waals surface area contributed by atoms with Crippen LogP contribution < -0.4 is 0 Å². The van der Waals surface area contributed by atoms with Crippen molar-refractivity contribution in [1.29, 1.82) is 0 Å². The van der Waals surface area contributed by atoms with E-state index in [9.17, 15) is 18.0 Å². The number of H-pyrrole nitrogens is 1. The number of aromatic nitrogens is 8. The van der Waals surface area contributed by atoms with Crippen LogP contribution in [0.15, 0.2) is 47.3 Å². The van der Waals surface area contributed by atoms with E-state index in [0.717, 1.165) is 16.4 Å². The van der Waals surface area contributed by atoms with Crippen LogP contribution in [-0.2, 0) is 6.42 Å². The molecule has 0 fully saturated rings. The van der Waals surface area contributed by atoms with Crippen molar-refractivity contribution in [3.8, 4) is 11.6 Å². The number of amides is 1. The van der Waals surface area contributed by atoms with Crippen LogP contribution in [0.2, 0.25) is 0 Å². The summed E-state index contributed by atoms with van der Waals surface area (Å²) in [5, 5.41) is 15.6. The van der Waals surface area contributed by atoms with Crippen LogP contribution in [-0.4, -0.2) is 56.9 Å². The van der Waals surface area contributed by atoms with Crippen LogP contribution in [0.3, 0.4) is 0 Å². The fourth-order valence-corrected chi connectivity index (χ4v) is 4.03. The average molecular weight is 469 g/mol. The fraction of sp³-hybridized carbons (Fsp3) is 0.200. The lowest BCUT2D eigenvalue weighted by molar-refractivity contribution is 0.0566. The molecule has 1 N–H and O–H groups in total. The van der Waals surface area contributed by atoms with Gasteiger partial charge in [-0.25, -0.2) is 14.2 Å². The van der Waals surface area contributed by atoms with E-state index in [4.69, 9.17) is 4.42 Å². The number of carbonyl (C=O) groups is 1. The molecular weight excluding hydrogens is 455 g/mol. The Morgan fingerprint density at radius 3 is 2.88 bits per heavy atom. The van der Waals surface area contributed by atoms with Crippen LogP contribution >= 0.6 is 0 Å². The maximum absolute atomic E-state index is 14.2. The van der Waals surface area contributed by atoms with Gasteiger partial charge in [0.2, 0.25) is 5.95 Å². The summed E-state index contributed by atoms with van der Waals surface area (Å²) in [6.07, 6.45) is 3.07. The van der Waals surface area contributed by atoms with Crippen molar-refractivity contribution in [1.82, 2.24) is 44.5 Å². The summed E-state index contributed by atoms with van der Waals surface area (Å²) in [5.41, 5.74) is 2.32. The van der Waals surface area contributed by atoms with Gasteiger partial charge in [-0.3, -0.25) is 4.79 Å². The molecule has 1 aliphatic heterocycles. The van der Waals surface area contributed by atoms with Gasteiger partial charge in [-0.2, -0.15) is 23.4 Å². The molecule has 6 rings (SSSR count). The number of alkyl halides is 2. The van der Waals surface area contributed by atoms with Crippen LogP contribution in [0.4, 0.5) is 13.2 Å². The minimum absolute atomic E-state index is 0.00691. The lowest BCUT2D eigenvalue weighted by Crippen LogP contribution is -2.41. The number of hydrogen-bond acceptors (Lipinski definition) is 7. The van der Waals surface area contributed by atoms with Crippen molar-refractivity contribution >= 4 is 11.4 Å². The van der Waals surface area contributed by atoms with Crippen molar-refractivity contribution in [3.63, 3.8) is 0 Å². The molecule has 1 aliphatic rings. The molecule has 0 radical (unpaired) electrons. The highest BCUT2D eigenvalue weighted by atomic mass is 19.3. The number of halogens is 3. The van der Waals surface area contributed by atoms with E-state index in [-0.39, 0.29) is 24.0 Å². The van der Waals surface area contributed by atoms with Crippen molar-refractivity contribution in [2.24, 2.45) is 0 Å². The highest BCUT2D eigenvalue weighted by Gasteiger charge is 2.38. The van der Waals surface area contributed by atoms with Gasteiger partial charge in [-0.15, -0.1) is 10.2 Å². The molecule has 0 saturated carbocycles. The summed E-state index contributed by atoms with van der Waals surface area (Å²) < 4.78 is 46.9. The SMILES string of the molecule is O=C(c1nnc(-c2ccn(C(F)F)n2)o1)N1CCc2[nH]cnc2C1c1cc2cccc(F)n2n1. The molecule has 11 nitrogen and oxygen atoms in total. The number of nitrogens with one attached hydrogen (secondary N) is 1. The van der Waals surface area contributed by atoms with Gasteiger partial charge >= 0.3 is 18.3 Å². The number of aromatic amines is 1. The summed E-state index contributed by atoms with van der Waals surface area (Å²) in [7, 11) is 0. The fourth-order valence-electron chi connectivity index (χ4n) is 4.03. The normalized spacial score (nSPS) is 15.9. The first kappa shape index (κ1) is 20.1. The summed E-state index contributed by atoms with van der Waals surface area (Å²) in [4.78, 5) is 22.3. The quantitative estimate of drug-likeness (QED) is 0.402. The molecule has 172 valence electrons. The number of pyridine rings is 1. The maximum atomic E-state index is 14.2. The number of hydrogen-bond donors (Lipinski definition) is 1. The van der Waals surface area contributed by atoms with Crippen LogP contribution in [0, 0.1) is 5.95 Å². The molecule has 0 aromatic carbocycles. The highest BCUT2D eigenvalue weighted by molar-refractivity contribution is 5.90. The zero-order valence-corrected chi connectivity index (χ0v) is 17.1. The zero-order chi connectivity index (χ0) is 23.4. The molecule has 0 spiro atoms. The molecule has 5 aromatic heterocycles. The molecule has 1 unspecified atom stereocenters. The third-order valence-corrected chi connectivity index (χ3v) is 5.56. The van der Waals surface area contributed by atoms with Gasteiger partial charge in [0.05, 0.1) is 23.2 Å². The minimum atomic E-state index is -2.83. The second kappa shape index (κ2) is 7.54. The van der Waals surface area contributed by atoms with E-state index in [1.54, 1.807) is 18.2 Å². The van der Waals surface area contributed by atoms with Crippen molar-refractivity contribution < 1.29 is 22.4 Å². The molecule has 1 amide bonds. The lowest BCUT2D eigenvalue weighted by Gasteiger charge is -2.32. The average Bonchev–Trinajstić information content (AvgIpc) is 3.62. The van der Waals surface area contributed by atoms with Crippen LogP contribution in [0.1, 0.15) is 40.4 Å². The Morgan fingerprint density at radius 1 is 1.21 bits per heavy atom. The second-order valence-corrected chi connectivity index (χ2v) is 7.54. The predicted octanol–water partition coefficient (Wildman–Crippen LogP) is 2.63. The summed E-state index contributed by atoms with van der Waals surface area (Å²) in [6.45, 7) is -2.56. The molecule has 34 heavy (non-hydrogen) atoms. The van der Waals surface area contributed by atoms with Gasteiger partial charge in [0.15, 0.2) is 0 Å². The molecule has 0 bridgehead atoms. The van der Waals surface area contributed by atoms with Crippen LogP contribution in [0.25, 0.3) is 17.1 Å². The van der Waals surface area contributed by atoms with Gasteiger partial charge in [0, 0.05) is 24.9 Å². The highest BCUT2D eigenvalue weighted by Crippen LogP contribution is 2.34. The number of rotatable bonds is 4. The van der Waals surface area contributed by atoms with Gasteiger partial charge in [0.1, 0.15) is 11.7 Å². The van der Waals surface area contributed by atoms with Gasteiger partial charge in [0.25, 0.3) is 5.89 Å². The Hall–Kier alpha value is -4.49. The Labute approximate surface area is 187 Å². The van der Waals surface area contributed by atoms with E-state index >= 15 is 0 Å². The molecule has 6 heterocycles. The number of imidazole rings is 1. The first-order chi connectivity index (χ1) is 16.5. The summed E-state index contributed by atoms with van der Waals surface area (Å²) in [5.74, 6) is -1.68. The van der Waals surface area contributed by atoms with E-state index in [1.165, 1.54) is 23.4 Å². The molecular formula is C20H14F3N9O2. The topological polar surface area (TPSA) is 123 Å². The first-order valence-electron chi connectivity index (χ1n) is 10.1. The zero-order valence-electron chi connectivity index (χ0n) is 17.1. The molecule has 0 aliphatic carbocycles. The molecule has 14 heteroatoms. The minimum Gasteiger partial charge on any atom is -0.411 e.